The quantitative estimate of drug-likeness (QED) is 0.629. The molecule has 2 rings (SSSR count). The third kappa shape index (κ3) is 1.94. The normalized spacial score (nSPS) is 20.8. The maximum Gasteiger partial charge on any atom is -0.00943 e. The molecule has 0 atom stereocenters. The molecule has 0 radical (unpaired) electrons. The Kier molecular flexibility index (Phi) is 2.72. The topological polar surface area (TPSA) is 0 Å². The Bertz CT molecular complexity index is 461. The lowest BCUT2D eigenvalue weighted by molar-refractivity contribution is 0.331. The fourth-order valence-electron chi connectivity index (χ4n) is 3.09. The van der Waals surface area contributed by atoms with Crippen LogP contribution in [-0.4, -0.2) is 0 Å². The minimum atomic E-state index is 0.278. The van der Waals surface area contributed by atoms with Gasteiger partial charge in [-0.3, -0.25) is 0 Å². The molecular formula is C17H24. The van der Waals surface area contributed by atoms with E-state index in [0.717, 1.165) is 0 Å². The van der Waals surface area contributed by atoms with E-state index >= 15 is 0 Å². The van der Waals surface area contributed by atoms with Crippen molar-refractivity contribution in [1.29, 1.82) is 0 Å². The van der Waals surface area contributed by atoms with Crippen LogP contribution >= 0.6 is 0 Å². The van der Waals surface area contributed by atoms with Gasteiger partial charge in [0.15, 0.2) is 0 Å². The van der Waals surface area contributed by atoms with E-state index < -0.39 is 0 Å². The standard InChI is InChI=1S/C17H24/c1-12(2)13-8-7-9-14-15(13)17(5,6)11-10-16(14,3)4/h7-9H,1,10-11H2,2-6H3. The number of hydrogen-bond donors (Lipinski definition) is 0. The molecule has 92 valence electrons. The van der Waals surface area contributed by atoms with Crippen LogP contribution in [0.3, 0.4) is 0 Å². The van der Waals surface area contributed by atoms with Crippen molar-refractivity contribution >= 4 is 5.57 Å². The van der Waals surface area contributed by atoms with Crippen molar-refractivity contribution in [3.63, 3.8) is 0 Å². The van der Waals surface area contributed by atoms with E-state index in [9.17, 15) is 0 Å². The van der Waals surface area contributed by atoms with E-state index in [4.69, 9.17) is 0 Å². The maximum absolute atomic E-state index is 4.15. The lowest BCUT2D eigenvalue weighted by atomic mass is 9.61. The molecule has 1 aromatic rings. The third-order valence-corrected chi connectivity index (χ3v) is 4.31. The van der Waals surface area contributed by atoms with E-state index in [1.807, 2.05) is 0 Å². The maximum atomic E-state index is 4.15. The van der Waals surface area contributed by atoms with Gasteiger partial charge in [-0.05, 0) is 47.3 Å². The van der Waals surface area contributed by atoms with Gasteiger partial charge in [0, 0.05) is 0 Å². The van der Waals surface area contributed by atoms with E-state index in [1.54, 1.807) is 0 Å². The molecular weight excluding hydrogens is 204 g/mol. The highest BCUT2D eigenvalue weighted by Gasteiger charge is 2.38. The average molecular weight is 228 g/mol. The Hall–Kier alpha value is -1.04. The molecule has 17 heavy (non-hydrogen) atoms. The SMILES string of the molecule is C=C(C)c1cccc2c1C(C)(C)CCC2(C)C. The molecule has 1 aliphatic carbocycles. The fourth-order valence-corrected chi connectivity index (χ4v) is 3.09. The minimum absolute atomic E-state index is 0.278. The van der Waals surface area contributed by atoms with Crippen molar-refractivity contribution in [1.82, 2.24) is 0 Å². The largest absolute Gasteiger partial charge is 0.0955 e. The first kappa shape index (κ1) is 12.4. The molecule has 1 aliphatic rings. The van der Waals surface area contributed by atoms with Gasteiger partial charge in [0.1, 0.15) is 0 Å². The summed E-state index contributed by atoms with van der Waals surface area (Å²) < 4.78 is 0. The highest BCUT2D eigenvalue weighted by molar-refractivity contribution is 5.68. The van der Waals surface area contributed by atoms with Crippen LogP contribution in [0.15, 0.2) is 24.8 Å². The second-order valence-corrected chi connectivity index (χ2v) is 6.78. The number of hydrogen-bond acceptors (Lipinski definition) is 0. The van der Waals surface area contributed by atoms with E-state index in [0.29, 0.717) is 5.41 Å². The molecule has 0 saturated heterocycles. The van der Waals surface area contributed by atoms with Crippen LogP contribution in [0.4, 0.5) is 0 Å². The summed E-state index contributed by atoms with van der Waals surface area (Å²) in [5.41, 5.74) is 6.18. The van der Waals surface area contributed by atoms with Crippen LogP contribution in [0.2, 0.25) is 0 Å². The molecule has 0 amide bonds. The Morgan fingerprint density at radius 1 is 1.06 bits per heavy atom. The fraction of sp³-hybridized carbons (Fsp3) is 0.529. The molecule has 0 saturated carbocycles. The second kappa shape index (κ2) is 3.73. The number of allylic oxidation sites excluding steroid dienone is 1. The van der Waals surface area contributed by atoms with Gasteiger partial charge in [-0.25, -0.2) is 0 Å². The summed E-state index contributed by atoms with van der Waals surface area (Å²) in [6.45, 7) is 15.7. The van der Waals surface area contributed by atoms with Crippen LogP contribution in [0.1, 0.15) is 64.2 Å². The summed E-state index contributed by atoms with van der Waals surface area (Å²) in [4.78, 5) is 0. The van der Waals surface area contributed by atoms with Crippen molar-refractivity contribution in [3.8, 4) is 0 Å². The highest BCUT2D eigenvalue weighted by Crippen LogP contribution is 2.47. The molecule has 0 aromatic heterocycles. The molecule has 0 heteroatoms. The van der Waals surface area contributed by atoms with E-state index in [1.165, 1.54) is 35.1 Å². The van der Waals surface area contributed by atoms with Gasteiger partial charge in [0.05, 0.1) is 0 Å². The molecule has 0 bridgehead atoms. The van der Waals surface area contributed by atoms with Gasteiger partial charge < -0.3 is 0 Å². The van der Waals surface area contributed by atoms with Crippen molar-refractivity contribution in [2.75, 3.05) is 0 Å². The van der Waals surface area contributed by atoms with Gasteiger partial charge >= 0.3 is 0 Å². The van der Waals surface area contributed by atoms with Crippen molar-refractivity contribution in [2.45, 2.75) is 58.3 Å². The Labute approximate surface area is 106 Å². The van der Waals surface area contributed by atoms with Crippen molar-refractivity contribution < 1.29 is 0 Å². The lowest BCUT2D eigenvalue weighted by Crippen LogP contribution is -2.34. The Morgan fingerprint density at radius 3 is 2.24 bits per heavy atom. The first-order valence-electron chi connectivity index (χ1n) is 6.55. The van der Waals surface area contributed by atoms with Crippen LogP contribution in [-0.2, 0) is 10.8 Å². The van der Waals surface area contributed by atoms with Crippen LogP contribution in [0.25, 0.3) is 5.57 Å². The molecule has 0 unspecified atom stereocenters. The summed E-state index contributed by atoms with van der Waals surface area (Å²) >= 11 is 0. The van der Waals surface area contributed by atoms with Gasteiger partial charge in [-0.15, -0.1) is 0 Å². The van der Waals surface area contributed by atoms with E-state index in [2.05, 4.69) is 59.4 Å². The van der Waals surface area contributed by atoms with E-state index in [-0.39, 0.29) is 5.41 Å². The van der Waals surface area contributed by atoms with Crippen LogP contribution in [0, 0.1) is 0 Å². The Morgan fingerprint density at radius 2 is 1.65 bits per heavy atom. The van der Waals surface area contributed by atoms with Crippen LogP contribution < -0.4 is 0 Å². The molecule has 1 aromatic carbocycles. The number of rotatable bonds is 1. The highest BCUT2D eigenvalue weighted by atomic mass is 14.4. The molecule has 0 fully saturated rings. The van der Waals surface area contributed by atoms with Gasteiger partial charge in [0.2, 0.25) is 0 Å². The third-order valence-electron chi connectivity index (χ3n) is 4.31. The first-order chi connectivity index (χ1) is 7.76. The minimum Gasteiger partial charge on any atom is -0.0955 e. The lowest BCUT2D eigenvalue weighted by Gasteiger charge is -2.43. The zero-order valence-electron chi connectivity index (χ0n) is 11.9. The summed E-state index contributed by atoms with van der Waals surface area (Å²) in [5, 5.41) is 0. The van der Waals surface area contributed by atoms with Gasteiger partial charge in [0.25, 0.3) is 0 Å². The summed E-state index contributed by atoms with van der Waals surface area (Å²) in [6, 6.07) is 6.72. The van der Waals surface area contributed by atoms with Crippen LogP contribution in [0.5, 0.6) is 0 Å². The summed E-state index contributed by atoms with van der Waals surface area (Å²) in [5.74, 6) is 0. The Balaban J connectivity index is 2.76. The molecule has 0 spiro atoms. The predicted molar refractivity (Wildman–Crippen MR) is 76.4 cm³/mol. The molecule has 0 heterocycles. The van der Waals surface area contributed by atoms with Crippen molar-refractivity contribution in [2.24, 2.45) is 0 Å². The molecule has 0 nitrogen and oxygen atoms in total. The number of fused-ring (bicyclic) bond motifs is 1. The number of benzene rings is 1. The average Bonchev–Trinajstić information content (AvgIpc) is 2.24. The molecule has 0 N–H and O–H groups in total. The van der Waals surface area contributed by atoms with Crippen molar-refractivity contribution in [3.05, 3.63) is 41.5 Å². The molecule has 0 aliphatic heterocycles. The zero-order valence-corrected chi connectivity index (χ0v) is 11.9. The zero-order chi connectivity index (χ0) is 12.8. The van der Waals surface area contributed by atoms with Gasteiger partial charge in [-0.1, -0.05) is 58.0 Å². The first-order valence-corrected chi connectivity index (χ1v) is 6.55. The smallest absolute Gasteiger partial charge is 0.00943 e. The predicted octanol–water partition coefficient (Wildman–Crippen LogP) is 5.07. The summed E-state index contributed by atoms with van der Waals surface area (Å²) in [6.07, 6.45) is 2.53. The monoisotopic (exact) mass is 228 g/mol. The van der Waals surface area contributed by atoms with Gasteiger partial charge in [-0.2, -0.15) is 0 Å². The second-order valence-electron chi connectivity index (χ2n) is 6.78. The summed E-state index contributed by atoms with van der Waals surface area (Å²) in [7, 11) is 0.